The van der Waals surface area contributed by atoms with Crippen LogP contribution in [0, 0.1) is 0 Å². The number of nitrogens with zero attached hydrogens (tertiary/aromatic N) is 1. The van der Waals surface area contributed by atoms with Crippen molar-refractivity contribution in [1.82, 2.24) is 4.98 Å². The first kappa shape index (κ1) is 9.99. The maximum atomic E-state index is 11.2. The molecule has 0 bridgehead atoms. The first-order chi connectivity index (χ1) is 6.33. The molecule has 1 rings (SSSR count). The van der Waals surface area contributed by atoms with E-state index >= 15 is 0 Å². The molecule has 0 aromatic carbocycles. The van der Waals surface area contributed by atoms with Crippen molar-refractivity contribution in [3.8, 4) is 0 Å². The minimum absolute atomic E-state index is 0.00755. The fraction of sp³-hybridized carbons (Fsp3) is 0.333. The third-order valence-electron chi connectivity index (χ3n) is 1.50. The molecule has 0 aliphatic rings. The molecule has 1 N–H and O–H groups in total. The van der Waals surface area contributed by atoms with Crippen LogP contribution in [0.1, 0.15) is 12.8 Å². The SMILES string of the molecule is O=C(CCCCl)Nc1ccncc1. The zero-order chi connectivity index (χ0) is 9.52. The summed E-state index contributed by atoms with van der Waals surface area (Å²) in [7, 11) is 0. The molecule has 0 aliphatic heterocycles. The Hall–Kier alpha value is -1.09. The highest BCUT2D eigenvalue weighted by Gasteiger charge is 2.00. The fourth-order valence-corrected chi connectivity index (χ4v) is 1.02. The van der Waals surface area contributed by atoms with Gasteiger partial charge >= 0.3 is 0 Å². The van der Waals surface area contributed by atoms with E-state index in [4.69, 9.17) is 11.6 Å². The molecule has 0 saturated carbocycles. The molecule has 0 unspecified atom stereocenters. The van der Waals surface area contributed by atoms with E-state index in [1.807, 2.05) is 0 Å². The summed E-state index contributed by atoms with van der Waals surface area (Å²) in [5, 5.41) is 2.74. The van der Waals surface area contributed by atoms with Gasteiger partial charge in [-0.3, -0.25) is 9.78 Å². The van der Waals surface area contributed by atoms with Crippen LogP contribution in [-0.2, 0) is 4.79 Å². The lowest BCUT2D eigenvalue weighted by Gasteiger charge is -2.02. The van der Waals surface area contributed by atoms with Crippen molar-refractivity contribution in [2.24, 2.45) is 0 Å². The molecule has 0 fully saturated rings. The molecule has 0 aliphatic carbocycles. The van der Waals surface area contributed by atoms with E-state index in [0.717, 1.165) is 5.69 Å². The average molecular weight is 199 g/mol. The van der Waals surface area contributed by atoms with Crippen molar-refractivity contribution < 1.29 is 4.79 Å². The quantitative estimate of drug-likeness (QED) is 0.753. The van der Waals surface area contributed by atoms with E-state index in [0.29, 0.717) is 18.7 Å². The number of carbonyl (C=O) groups is 1. The van der Waals surface area contributed by atoms with Crippen molar-refractivity contribution in [2.45, 2.75) is 12.8 Å². The lowest BCUT2D eigenvalue weighted by Crippen LogP contribution is -2.11. The van der Waals surface area contributed by atoms with E-state index in [1.54, 1.807) is 24.5 Å². The topological polar surface area (TPSA) is 42.0 Å². The Morgan fingerprint density at radius 1 is 1.46 bits per heavy atom. The van der Waals surface area contributed by atoms with Crippen molar-refractivity contribution in [2.75, 3.05) is 11.2 Å². The summed E-state index contributed by atoms with van der Waals surface area (Å²) in [4.78, 5) is 15.0. The number of alkyl halides is 1. The molecule has 0 atom stereocenters. The van der Waals surface area contributed by atoms with Gasteiger partial charge in [0, 0.05) is 30.4 Å². The molecule has 70 valence electrons. The number of halogens is 1. The van der Waals surface area contributed by atoms with Crippen molar-refractivity contribution in [3.63, 3.8) is 0 Å². The van der Waals surface area contributed by atoms with Crippen LogP contribution in [0.15, 0.2) is 24.5 Å². The Kier molecular flexibility index (Phi) is 4.26. The third-order valence-corrected chi connectivity index (χ3v) is 1.77. The number of amides is 1. The predicted octanol–water partition coefficient (Wildman–Crippen LogP) is 2.04. The van der Waals surface area contributed by atoms with E-state index in [1.165, 1.54) is 0 Å². The summed E-state index contributed by atoms with van der Waals surface area (Å²) >= 11 is 5.46. The zero-order valence-electron chi connectivity index (χ0n) is 7.16. The number of pyridine rings is 1. The molecule has 0 saturated heterocycles. The van der Waals surface area contributed by atoms with Crippen LogP contribution >= 0.6 is 11.6 Å². The van der Waals surface area contributed by atoms with Gasteiger partial charge in [-0.15, -0.1) is 11.6 Å². The van der Waals surface area contributed by atoms with Gasteiger partial charge in [-0.25, -0.2) is 0 Å². The Morgan fingerprint density at radius 3 is 2.77 bits per heavy atom. The molecule has 1 heterocycles. The average Bonchev–Trinajstić information content (AvgIpc) is 2.16. The summed E-state index contributed by atoms with van der Waals surface area (Å²) in [5.74, 6) is 0.510. The number of hydrogen-bond acceptors (Lipinski definition) is 2. The maximum Gasteiger partial charge on any atom is 0.224 e. The summed E-state index contributed by atoms with van der Waals surface area (Å²) in [6.07, 6.45) is 4.44. The Bertz CT molecular complexity index is 264. The molecule has 13 heavy (non-hydrogen) atoms. The smallest absolute Gasteiger partial charge is 0.224 e. The lowest BCUT2D eigenvalue weighted by molar-refractivity contribution is -0.116. The second kappa shape index (κ2) is 5.54. The summed E-state index contributed by atoms with van der Waals surface area (Å²) in [6.45, 7) is 0. The molecule has 0 spiro atoms. The fourth-order valence-electron chi connectivity index (χ4n) is 0.886. The van der Waals surface area contributed by atoms with Gasteiger partial charge in [0.1, 0.15) is 0 Å². The van der Waals surface area contributed by atoms with E-state index in [9.17, 15) is 4.79 Å². The van der Waals surface area contributed by atoms with Crippen molar-refractivity contribution >= 4 is 23.2 Å². The van der Waals surface area contributed by atoms with Gasteiger partial charge in [-0.2, -0.15) is 0 Å². The molecular formula is C9H11ClN2O. The number of anilines is 1. The van der Waals surface area contributed by atoms with Crippen LogP contribution in [0.5, 0.6) is 0 Å². The lowest BCUT2D eigenvalue weighted by atomic mass is 10.3. The molecule has 3 nitrogen and oxygen atoms in total. The normalized spacial score (nSPS) is 9.62. The van der Waals surface area contributed by atoms with Gasteiger partial charge in [-0.05, 0) is 18.6 Å². The molecule has 1 aromatic heterocycles. The number of nitrogens with one attached hydrogen (secondary N) is 1. The zero-order valence-corrected chi connectivity index (χ0v) is 7.92. The van der Waals surface area contributed by atoms with E-state index in [2.05, 4.69) is 10.3 Å². The van der Waals surface area contributed by atoms with Crippen LogP contribution in [0.2, 0.25) is 0 Å². The number of hydrogen-bond donors (Lipinski definition) is 1. The Balaban J connectivity index is 2.37. The Labute approximate surface area is 82.1 Å². The first-order valence-corrected chi connectivity index (χ1v) is 4.62. The van der Waals surface area contributed by atoms with Crippen molar-refractivity contribution in [3.05, 3.63) is 24.5 Å². The third kappa shape index (κ3) is 3.90. The molecule has 1 amide bonds. The maximum absolute atomic E-state index is 11.2. The Morgan fingerprint density at radius 2 is 2.15 bits per heavy atom. The second-order valence-electron chi connectivity index (χ2n) is 2.58. The minimum atomic E-state index is -0.00755. The number of rotatable bonds is 4. The molecule has 4 heteroatoms. The highest BCUT2D eigenvalue weighted by Crippen LogP contribution is 2.04. The highest BCUT2D eigenvalue weighted by atomic mass is 35.5. The van der Waals surface area contributed by atoms with Crippen LogP contribution in [-0.4, -0.2) is 16.8 Å². The van der Waals surface area contributed by atoms with Gasteiger partial charge in [-0.1, -0.05) is 0 Å². The molecular weight excluding hydrogens is 188 g/mol. The number of carbonyl (C=O) groups excluding carboxylic acids is 1. The van der Waals surface area contributed by atoms with Crippen molar-refractivity contribution in [1.29, 1.82) is 0 Å². The van der Waals surface area contributed by atoms with Gasteiger partial charge in [0.2, 0.25) is 5.91 Å². The van der Waals surface area contributed by atoms with E-state index in [-0.39, 0.29) is 5.91 Å². The van der Waals surface area contributed by atoms with Gasteiger partial charge in [0.15, 0.2) is 0 Å². The second-order valence-corrected chi connectivity index (χ2v) is 2.95. The minimum Gasteiger partial charge on any atom is -0.326 e. The largest absolute Gasteiger partial charge is 0.326 e. The predicted molar refractivity (Wildman–Crippen MR) is 52.8 cm³/mol. The summed E-state index contributed by atoms with van der Waals surface area (Å²) in [5.41, 5.74) is 0.773. The number of aromatic nitrogens is 1. The van der Waals surface area contributed by atoms with Crippen LogP contribution in [0.25, 0.3) is 0 Å². The van der Waals surface area contributed by atoms with Gasteiger partial charge in [0.05, 0.1) is 0 Å². The van der Waals surface area contributed by atoms with E-state index < -0.39 is 0 Å². The van der Waals surface area contributed by atoms with Gasteiger partial charge < -0.3 is 5.32 Å². The molecule has 0 radical (unpaired) electrons. The van der Waals surface area contributed by atoms with Crippen LogP contribution < -0.4 is 5.32 Å². The first-order valence-electron chi connectivity index (χ1n) is 4.09. The van der Waals surface area contributed by atoms with Crippen LogP contribution in [0.3, 0.4) is 0 Å². The summed E-state index contributed by atoms with van der Waals surface area (Å²) < 4.78 is 0. The van der Waals surface area contributed by atoms with Crippen LogP contribution in [0.4, 0.5) is 5.69 Å². The van der Waals surface area contributed by atoms with Gasteiger partial charge in [0.25, 0.3) is 0 Å². The highest BCUT2D eigenvalue weighted by molar-refractivity contribution is 6.18. The summed E-state index contributed by atoms with van der Waals surface area (Å²) in [6, 6.07) is 3.50. The monoisotopic (exact) mass is 198 g/mol. The molecule has 1 aromatic rings. The standard InChI is InChI=1S/C9H11ClN2O/c10-5-1-2-9(13)12-8-3-6-11-7-4-8/h3-4,6-7H,1-2,5H2,(H,11,12,13).